The molecule has 0 heterocycles. The molecule has 358 valence electrons. The number of alkyl carbamates (subject to hydrolysis) is 3. The van der Waals surface area contributed by atoms with Crippen LogP contribution < -0.4 is 21.3 Å². The van der Waals surface area contributed by atoms with E-state index in [0.29, 0.717) is 22.3 Å². The first kappa shape index (κ1) is 51.0. The van der Waals surface area contributed by atoms with E-state index in [2.05, 4.69) is 21.3 Å². The van der Waals surface area contributed by atoms with Crippen molar-refractivity contribution in [1.29, 1.82) is 0 Å². The summed E-state index contributed by atoms with van der Waals surface area (Å²) in [6.07, 6.45) is -3.23. The third kappa shape index (κ3) is 17.1. The summed E-state index contributed by atoms with van der Waals surface area (Å²) in [7, 11) is 0. The highest BCUT2D eigenvalue weighted by Crippen LogP contribution is 2.29. The second-order valence-electron chi connectivity index (χ2n) is 16.6. The zero-order chi connectivity index (χ0) is 49.1. The predicted molar refractivity (Wildman–Crippen MR) is 247 cm³/mol. The number of hydrogen-bond acceptors (Lipinski definition) is 11. The van der Waals surface area contributed by atoms with Crippen LogP contribution in [0.5, 0.6) is 5.75 Å². The van der Waals surface area contributed by atoms with Crippen molar-refractivity contribution < 1.29 is 62.3 Å². The second kappa shape index (κ2) is 25.1. The number of nitrogens with one attached hydrogen (secondary N) is 4. The van der Waals surface area contributed by atoms with E-state index in [0.717, 1.165) is 11.6 Å². The first-order chi connectivity index (χ1) is 32.5. The number of aliphatic carboxylic acids is 1. The number of carboxylic acids is 1. The van der Waals surface area contributed by atoms with Crippen LogP contribution in [0.3, 0.4) is 0 Å². The highest BCUT2D eigenvalue weighted by atomic mass is 19.1. The number of rotatable bonds is 21. The van der Waals surface area contributed by atoms with Gasteiger partial charge in [0.2, 0.25) is 5.91 Å². The molecule has 0 aromatic heterocycles. The average molecular weight is 935 g/mol. The Labute approximate surface area is 393 Å². The topological polar surface area (TPSA) is 228 Å². The van der Waals surface area contributed by atoms with Crippen LogP contribution in [-0.2, 0) is 66.0 Å². The molecule has 0 fully saturated rings. The molecule has 0 aliphatic rings. The number of carbonyl (C=O) groups is 6. The van der Waals surface area contributed by atoms with E-state index in [9.17, 15) is 39.0 Å². The summed E-state index contributed by atoms with van der Waals surface area (Å²) in [6.45, 7) is 4.76. The fourth-order valence-corrected chi connectivity index (χ4v) is 6.67. The van der Waals surface area contributed by atoms with Crippen LogP contribution >= 0.6 is 0 Å². The number of benzene rings is 5. The molecule has 0 radical (unpaired) electrons. The third-order valence-electron chi connectivity index (χ3n) is 10.1. The van der Waals surface area contributed by atoms with E-state index in [-0.39, 0.29) is 62.5 Å². The Bertz CT molecular complexity index is 2490. The van der Waals surface area contributed by atoms with Crippen LogP contribution in [0.15, 0.2) is 127 Å². The highest BCUT2D eigenvalue weighted by Gasteiger charge is 2.31. The Balaban J connectivity index is 1.33. The van der Waals surface area contributed by atoms with E-state index >= 15 is 4.39 Å². The average Bonchev–Trinajstić information content (AvgIpc) is 3.31. The van der Waals surface area contributed by atoms with Gasteiger partial charge in [0.1, 0.15) is 55.1 Å². The van der Waals surface area contributed by atoms with Crippen LogP contribution in [0.2, 0.25) is 0 Å². The SMILES string of the molecule is CC(C)(C)OC(=O)N[C@@H](CCCNC(=O)OCc1ccccc1)C(=O)N[C@@H](Cc1cc(-c2ccc(O)c(C[C@H](NC(=O)OCc3ccccc3)C(=O)O)c2)ccc1F)C(=O)OCc1ccccc1. The smallest absolute Gasteiger partial charge is 0.408 e. The standard InChI is InChI=1S/C51H55FN4O12/c1-51(2,3)68-50(64)55-41(20-13-25-53-48(62)66-31-34-16-9-5-10-17-34)45(58)54-43(47(61)65-30-33-14-7-4-8-15-33)28-38-26-36(21-23-40(38)52)37-22-24-44(57)39(27-37)29-42(46(59)60)56-49(63)67-32-35-18-11-6-12-19-35/h4-12,14-19,21-24,26-27,41-43,57H,13,20,25,28-32H2,1-3H3,(H,53,62)(H,54,58)(H,55,64)(H,56,63)(H,59,60)/t41-,42-,43-/m0/s1. The van der Waals surface area contributed by atoms with Crippen molar-refractivity contribution in [1.82, 2.24) is 21.3 Å². The minimum atomic E-state index is -1.50. The molecule has 4 amide bonds. The molecule has 0 aliphatic carbocycles. The Kier molecular flexibility index (Phi) is 18.8. The zero-order valence-corrected chi connectivity index (χ0v) is 37.9. The van der Waals surface area contributed by atoms with Gasteiger partial charge >= 0.3 is 30.2 Å². The molecule has 68 heavy (non-hydrogen) atoms. The van der Waals surface area contributed by atoms with Crippen molar-refractivity contribution in [2.24, 2.45) is 0 Å². The Hall–Kier alpha value is -7.95. The maximum Gasteiger partial charge on any atom is 0.408 e. The number of ether oxygens (including phenoxy) is 4. The number of carbonyl (C=O) groups excluding carboxylic acids is 5. The summed E-state index contributed by atoms with van der Waals surface area (Å²) < 4.78 is 37.2. The van der Waals surface area contributed by atoms with Gasteiger partial charge in [-0.05, 0) is 96.8 Å². The molecule has 6 N–H and O–H groups in total. The van der Waals surface area contributed by atoms with E-state index in [4.69, 9.17) is 18.9 Å². The van der Waals surface area contributed by atoms with E-state index in [1.165, 1.54) is 30.3 Å². The minimum Gasteiger partial charge on any atom is -0.508 e. The van der Waals surface area contributed by atoms with Crippen LogP contribution in [-0.4, -0.2) is 76.6 Å². The number of carboxylic acid groups (broad SMARTS) is 1. The summed E-state index contributed by atoms with van der Waals surface area (Å²) >= 11 is 0. The highest BCUT2D eigenvalue weighted by molar-refractivity contribution is 5.90. The molecule has 0 spiro atoms. The molecule has 5 aromatic carbocycles. The summed E-state index contributed by atoms with van der Waals surface area (Å²) in [5.74, 6) is -4.12. The van der Waals surface area contributed by atoms with Gasteiger partial charge in [-0.15, -0.1) is 0 Å². The Morgan fingerprint density at radius 2 is 1.09 bits per heavy atom. The second-order valence-corrected chi connectivity index (χ2v) is 16.6. The Morgan fingerprint density at radius 3 is 1.65 bits per heavy atom. The van der Waals surface area contributed by atoms with Gasteiger partial charge in [0.25, 0.3) is 0 Å². The number of aromatic hydroxyl groups is 1. The van der Waals surface area contributed by atoms with Gasteiger partial charge in [0.15, 0.2) is 0 Å². The molecular weight excluding hydrogens is 880 g/mol. The normalized spacial score (nSPS) is 12.3. The molecule has 17 heteroatoms. The fraction of sp³-hybridized carbons (Fsp3) is 0.294. The van der Waals surface area contributed by atoms with E-state index < -0.39 is 72.1 Å². The van der Waals surface area contributed by atoms with Gasteiger partial charge < -0.3 is 50.4 Å². The lowest BCUT2D eigenvalue weighted by Crippen LogP contribution is -2.53. The Morgan fingerprint density at radius 1 is 0.588 bits per heavy atom. The number of hydrogen-bond donors (Lipinski definition) is 6. The maximum atomic E-state index is 15.8. The quantitative estimate of drug-likeness (QED) is 0.0239. The summed E-state index contributed by atoms with van der Waals surface area (Å²) in [5.41, 5.74) is 2.12. The monoisotopic (exact) mass is 934 g/mol. The molecule has 3 atom stereocenters. The van der Waals surface area contributed by atoms with Crippen LogP contribution in [0.25, 0.3) is 11.1 Å². The van der Waals surface area contributed by atoms with Gasteiger partial charge in [-0.25, -0.2) is 28.4 Å². The third-order valence-corrected chi connectivity index (χ3v) is 10.1. The van der Waals surface area contributed by atoms with Crippen LogP contribution in [0.4, 0.5) is 18.8 Å². The van der Waals surface area contributed by atoms with Crippen molar-refractivity contribution in [3.05, 3.63) is 161 Å². The molecular formula is C51H55FN4O12. The maximum absolute atomic E-state index is 15.8. The molecule has 0 bridgehead atoms. The van der Waals surface area contributed by atoms with E-state index in [1.807, 2.05) is 18.2 Å². The van der Waals surface area contributed by atoms with Gasteiger partial charge in [-0.1, -0.05) is 103 Å². The van der Waals surface area contributed by atoms with Crippen LogP contribution in [0, 0.1) is 5.82 Å². The molecule has 5 aromatic rings. The molecule has 5 rings (SSSR count). The number of esters is 1. The lowest BCUT2D eigenvalue weighted by atomic mass is 9.95. The minimum absolute atomic E-state index is 0.0276. The van der Waals surface area contributed by atoms with Gasteiger partial charge in [0.05, 0.1) is 0 Å². The lowest BCUT2D eigenvalue weighted by Gasteiger charge is -2.25. The van der Waals surface area contributed by atoms with Gasteiger partial charge in [-0.3, -0.25) is 4.79 Å². The van der Waals surface area contributed by atoms with Crippen LogP contribution in [0.1, 0.15) is 61.4 Å². The molecule has 0 saturated carbocycles. The van der Waals surface area contributed by atoms with Crippen molar-refractivity contribution in [2.45, 2.75) is 90.0 Å². The number of phenolic OH excluding ortho intramolecular Hbond substituents is 1. The van der Waals surface area contributed by atoms with Crippen molar-refractivity contribution in [3.8, 4) is 16.9 Å². The van der Waals surface area contributed by atoms with Gasteiger partial charge in [-0.2, -0.15) is 0 Å². The summed E-state index contributed by atoms with van der Waals surface area (Å²) in [4.78, 5) is 78.0. The predicted octanol–water partition coefficient (Wildman–Crippen LogP) is 7.49. The first-order valence-electron chi connectivity index (χ1n) is 21.8. The number of halogens is 1. The molecule has 16 nitrogen and oxygen atoms in total. The summed E-state index contributed by atoms with van der Waals surface area (Å²) in [6, 6.07) is 30.7. The molecule has 0 aliphatic heterocycles. The number of phenols is 1. The van der Waals surface area contributed by atoms with E-state index in [1.54, 1.807) is 93.6 Å². The van der Waals surface area contributed by atoms with Crippen molar-refractivity contribution >= 4 is 36.1 Å². The first-order valence-corrected chi connectivity index (χ1v) is 21.8. The van der Waals surface area contributed by atoms with Crippen molar-refractivity contribution in [3.63, 3.8) is 0 Å². The van der Waals surface area contributed by atoms with Crippen molar-refractivity contribution in [2.75, 3.05) is 6.54 Å². The molecule has 0 unspecified atom stereocenters. The summed E-state index contributed by atoms with van der Waals surface area (Å²) in [5, 5.41) is 30.8. The molecule has 0 saturated heterocycles. The zero-order valence-electron chi connectivity index (χ0n) is 37.9. The number of amides is 4. The fourth-order valence-electron chi connectivity index (χ4n) is 6.67. The van der Waals surface area contributed by atoms with Gasteiger partial charge in [0, 0.05) is 19.4 Å². The largest absolute Gasteiger partial charge is 0.508 e. The lowest BCUT2D eigenvalue weighted by molar-refractivity contribution is -0.149.